The second kappa shape index (κ2) is 8.69. The Bertz CT molecular complexity index is 949. The van der Waals surface area contributed by atoms with Crippen LogP contribution in [0.1, 0.15) is 10.4 Å². The maximum Gasteiger partial charge on any atom is 0.255 e. The van der Waals surface area contributed by atoms with E-state index in [1.165, 1.54) is 11.4 Å². The number of benzene rings is 3. The third-order valence-corrected chi connectivity index (χ3v) is 5.22. The van der Waals surface area contributed by atoms with E-state index in [4.69, 9.17) is 4.74 Å². The molecule has 0 atom stereocenters. The van der Waals surface area contributed by atoms with E-state index in [1.54, 1.807) is 19.2 Å². The predicted molar refractivity (Wildman–Crippen MR) is 118 cm³/mol. The number of hydrogen-bond acceptors (Lipinski definition) is 4. The van der Waals surface area contributed by atoms with Crippen LogP contribution in [-0.4, -0.2) is 39.2 Å². The minimum absolute atomic E-state index is 0.145. The lowest BCUT2D eigenvalue weighted by Gasteiger charge is -2.37. The number of nitrogens with zero attached hydrogens (tertiary/aromatic N) is 2. The minimum Gasteiger partial charge on any atom is -0.497 e. The van der Waals surface area contributed by atoms with Crippen molar-refractivity contribution in [3.05, 3.63) is 84.4 Å². The highest BCUT2D eigenvalue weighted by molar-refractivity contribution is 6.04. The first-order chi connectivity index (χ1) is 14.2. The number of methoxy groups -OCH3 is 1. The summed E-state index contributed by atoms with van der Waals surface area (Å²) in [6.45, 7) is 3.95. The Morgan fingerprint density at radius 2 is 1.41 bits per heavy atom. The normalized spacial score (nSPS) is 13.8. The summed E-state index contributed by atoms with van der Waals surface area (Å²) in [7, 11) is 1.59. The molecule has 0 spiro atoms. The molecule has 5 heteroatoms. The van der Waals surface area contributed by atoms with Crippen LogP contribution in [0.5, 0.6) is 5.75 Å². The van der Waals surface area contributed by atoms with Gasteiger partial charge in [-0.05, 0) is 54.6 Å². The average Bonchev–Trinajstić information content (AvgIpc) is 2.80. The van der Waals surface area contributed by atoms with Gasteiger partial charge in [0.1, 0.15) is 5.75 Å². The third-order valence-electron chi connectivity index (χ3n) is 5.22. The highest BCUT2D eigenvalue weighted by Crippen LogP contribution is 2.22. The highest BCUT2D eigenvalue weighted by atomic mass is 16.5. The summed E-state index contributed by atoms with van der Waals surface area (Å²) in [6, 6.07) is 25.7. The summed E-state index contributed by atoms with van der Waals surface area (Å²) in [5.41, 5.74) is 3.81. The second-order valence-corrected chi connectivity index (χ2v) is 7.04. The second-order valence-electron chi connectivity index (χ2n) is 7.04. The number of amides is 1. The molecule has 0 unspecified atom stereocenters. The molecule has 3 aromatic carbocycles. The molecular formula is C24H25N3O2. The largest absolute Gasteiger partial charge is 0.497 e. The quantitative estimate of drug-likeness (QED) is 0.710. The third kappa shape index (κ3) is 4.51. The zero-order chi connectivity index (χ0) is 20.1. The number of rotatable bonds is 5. The van der Waals surface area contributed by atoms with E-state index in [-0.39, 0.29) is 5.91 Å². The van der Waals surface area contributed by atoms with Crippen molar-refractivity contribution in [3.63, 3.8) is 0 Å². The number of nitrogens with one attached hydrogen (secondary N) is 1. The van der Waals surface area contributed by atoms with Crippen molar-refractivity contribution in [2.24, 2.45) is 0 Å². The maximum absolute atomic E-state index is 12.5. The van der Waals surface area contributed by atoms with Gasteiger partial charge in [-0.25, -0.2) is 0 Å². The van der Waals surface area contributed by atoms with Crippen LogP contribution in [0.3, 0.4) is 0 Å². The molecule has 29 heavy (non-hydrogen) atoms. The Morgan fingerprint density at radius 3 is 2.03 bits per heavy atom. The number of carbonyl (C=O) groups is 1. The van der Waals surface area contributed by atoms with Gasteiger partial charge >= 0.3 is 0 Å². The fraction of sp³-hybridized carbons (Fsp3) is 0.208. The summed E-state index contributed by atoms with van der Waals surface area (Å²) in [4.78, 5) is 17.3. The van der Waals surface area contributed by atoms with Crippen molar-refractivity contribution in [3.8, 4) is 5.75 Å². The van der Waals surface area contributed by atoms with Gasteiger partial charge in [-0.15, -0.1) is 0 Å². The molecule has 1 aliphatic rings. The van der Waals surface area contributed by atoms with E-state index < -0.39 is 0 Å². The predicted octanol–water partition coefficient (Wildman–Crippen LogP) is 4.27. The first-order valence-electron chi connectivity index (χ1n) is 9.83. The summed E-state index contributed by atoms with van der Waals surface area (Å²) in [5.74, 6) is 0.524. The Morgan fingerprint density at radius 1 is 0.793 bits per heavy atom. The lowest BCUT2D eigenvalue weighted by molar-refractivity contribution is 0.102. The van der Waals surface area contributed by atoms with Crippen LogP contribution >= 0.6 is 0 Å². The zero-order valence-electron chi connectivity index (χ0n) is 16.5. The fourth-order valence-corrected chi connectivity index (χ4v) is 3.58. The molecule has 4 rings (SSSR count). The molecule has 148 valence electrons. The first kappa shape index (κ1) is 18.9. The van der Waals surface area contributed by atoms with Crippen LogP contribution < -0.4 is 19.9 Å². The van der Waals surface area contributed by atoms with Crippen molar-refractivity contribution in [1.29, 1.82) is 0 Å². The standard InChI is InChI=1S/C24H25N3O2/c1-29-23-9-5-6-19(18-23)24(28)25-20-10-12-22(13-11-20)27-16-14-26(15-17-27)21-7-3-2-4-8-21/h2-13,18H,14-17H2,1H3,(H,25,28). The molecule has 0 bridgehead atoms. The van der Waals surface area contributed by atoms with Gasteiger partial charge in [-0.1, -0.05) is 24.3 Å². The van der Waals surface area contributed by atoms with Gasteiger partial charge in [0, 0.05) is 48.8 Å². The molecule has 1 N–H and O–H groups in total. The molecule has 1 amide bonds. The smallest absolute Gasteiger partial charge is 0.255 e. The van der Waals surface area contributed by atoms with Crippen LogP contribution in [0.2, 0.25) is 0 Å². The van der Waals surface area contributed by atoms with Crippen LogP contribution in [0.15, 0.2) is 78.9 Å². The monoisotopic (exact) mass is 387 g/mol. The lowest BCUT2D eigenvalue weighted by atomic mass is 10.2. The van der Waals surface area contributed by atoms with Gasteiger partial charge in [0.2, 0.25) is 0 Å². The van der Waals surface area contributed by atoms with E-state index >= 15 is 0 Å². The number of hydrogen-bond donors (Lipinski definition) is 1. The zero-order valence-corrected chi connectivity index (χ0v) is 16.5. The molecule has 0 saturated carbocycles. The molecule has 0 aromatic heterocycles. The lowest BCUT2D eigenvalue weighted by Crippen LogP contribution is -2.46. The molecule has 5 nitrogen and oxygen atoms in total. The molecule has 1 fully saturated rings. The molecule has 0 radical (unpaired) electrons. The van der Waals surface area contributed by atoms with Crippen molar-refractivity contribution in [1.82, 2.24) is 0 Å². The average molecular weight is 387 g/mol. The van der Waals surface area contributed by atoms with E-state index in [0.717, 1.165) is 31.9 Å². The van der Waals surface area contributed by atoms with E-state index in [2.05, 4.69) is 51.5 Å². The maximum atomic E-state index is 12.5. The van der Waals surface area contributed by atoms with Crippen LogP contribution in [0.4, 0.5) is 17.1 Å². The SMILES string of the molecule is COc1cccc(C(=O)Nc2ccc(N3CCN(c4ccccc4)CC3)cc2)c1. The number of carbonyl (C=O) groups excluding carboxylic acids is 1. The number of para-hydroxylation sites is 1. The van der Waals surface area contributed by atoms with Gasteiger partial charge in [-0.2, -0.15) is 0 Å². The topological polar surface area (TPSA) is 44.8 Å². The van der Waals surface area contributed by atoms with Crippen LogP contribution in [-0.2, 0) is 0 Å². The Hall–Kier alpha value is -3.47. The summed E-state index contributed by atoms with van der Waals surface area (Å²) in [5, 5.41) is 2.95. The molecule has 1 aliphatic heterocycles. The van der Waals surface area contributed by atoms with Gasteiger partial charge < -0.3 is 19.9 Å². The number of piperazine rings is 1. The Labute approximate surface area is 171 Å². The van der Waals surface area contributed by atoms with E-state index in [0.29, 0.717) is 11.3 Å². The minimum atomic E-state index is -0.145. The van der Waals surface area contributed by atoms with Gasteiger partial charge in [-0.3, -0.25) is 4.79 Å². The van der Waals surface area contributed by atoms with Crippen molar-refractivity contribution >= 4 is 23.0 Å². The van der Waals surface area contributed by atoms with Crippen molar-refractivity contribution in [2.45, 2.75) is 0 Å². The number of ether oxygens (including phenoxy) is 1. The van der Waals surface area contributed by atoms with Crippen molar-refractivity contribution in [2.75, 3.05) is 48.4 Å². The summed E-state index contributed by atoms with van der Waals surface area (Å²) < 4.78 is 5.18. The highest BCUT2D eigenvalue weighted by Gasteiger charge is 2.17. The Kier molecular flexibility index (Phi) is 5.66. The summed E-state index contributed by atoms with van der Waals surface area (Å²) in [6.07, 6.45) is 0. The molecule has 1 saturated heterocycles. The summed E-state index contributed by atoms with van der Waals surface area (Å²) >= 11 is 0. The van der Waals surface area contributed by atoms with Gasteiger partial charge in [0.05, 0.1) is 7.11 Å². The van der Waals surface area contributed by atoms with Crippen LogP contribution in [0, 0.1) is 0 Å². The first-order valence-corrected chi connectivity index (χ1v) is 9.83. The molecular weight excluding hydrogens is 362 g/mol. The van der Waals surface area contributed by atoms with Crippen LogP contribution in [0.25, 0.3) is 0 Å². The van der Waals surface area contributed by atoms with Crippen molar-refractivity contribution < 1.29 is 9.53 Å². The van der Waals surface area contributed by atoms with E-state index in [1.807, 2.05) is 30.3 Å². The fourth-order valence-electron chi connectivity index (χ4n) is 3.58. The number of anilines is 3. The van der Waals surface area contributed by atoms with Gasteiger partial charge in [0.25, 0.3) is 5.91 Å². The van der Waals surface area contributed by atoms with E-state index in [9.17, 15) is 4.79 Å². The Balaban J connectivity index is 1.35. The molecule has 0 aliphatic carbocycles. The van der Waals surface area contributed by atoms with Gasteiger partial charge in [0.15, 0.2) is 0 Å². The molecule has 1 heterocycles. The molecule has 3 aromatic rings.